The van der Waals surface area contributed by atoms with Crippen molar-refractivity contribution in [3.05, 3.63) is 70.8 Å². The molecule has 0 amide bonds. The summed E-state index contributed by atoms with van der Waals surface area (Å²) in [6, 6.07) is 15.0. The molecule has 0 fully saturated rings. The summed E-state index contributed by atoms with van der Waals surface area (Å²) >= 11 is 6.00. The molecule has 0 radical (unpaired) electrons. The van der Waals surface area contributed by atoms with Crippen molar-refractivity contribution in [3.8, 4) is 0 Å². The maximum absolute atomic E-state index is 12.0. The first-order chi connectivity index (χ1) is 9.58. The number of halogens is 1. The predicted molar refractivity (Wildman–Crippen MR) is 85.6 cm³/mol. The van der Waals surface area contributed by atoms with Crippen LogP contribution < -0.4 is 4.90 Å². The van der Waals surface area contributed by atoms with Gasteiger partial charge in [0.05, 0.1) is 5.02 Å². The van der Waals surface area contributed by atoms with Crippen LogP contribution in [0.5, 0.6) is 0 Å². The van der Waals surface area contributed by atoms with Gasteiger partial charge in [-0.25, -0.2) is 0 Å². The number of anilines is 1. The summed E-state index contributed by atoms with van der Waals surface area (Å²) in [5.41, 5.74) is 2.63. The summed E-state index contributed by atoms with van der Waals surface area (Å²) in [6.07, 6.45) is 3.34. The number of carbonyl (C=O) groups is 1. The van der Waals surface area contributed by atoms with Crippen molar-refractivity contribution >= 4 is 29.1 Å². The number of rotatable bonds is 4. The highest BCUT2D eigenvalue weighted by molar-refractivity contribution is 6.34. The lowest BCUT2D eigenvalue weighted by atomic mass is 10.1. The molecule has 0 saturated heterocycles. The Morgan fingerprint density at radius 2 is 1.70 bits per heavy atom. The molecule has 20 heavy (non-hydrogen) atoms. The molecule has 0 aliphatic heterocycles. The van der Waals surface area contributed by atoms with Gasteiger partial charge in [-0.3, -0.25) is 4.79 Å². The number of benzene rings is 2. The number of nitrogens with zero attached hydrogens (tertiary/aromatic N) is 1. The third-order valence-corrected chi connectivity index (χ3v) is 3.31. The van der Waals surface area contributed by atoms with Crippen LogP contribution in [0.3, 0.4) is 0 Å². The van der Waals surface area contributed by atoms with E-state index in [0.717, 1.165) is 11.3 Å². The molecule has 0 aliphatic carbocycles. The van der Waals surface area contributed by atoms with Crippen molar-refractivity contribution in [1.82, 2.24) is 0 Å². The van der Waals surface area contributed by atoms with Crippen LogP contribution in [0.1, 0.15) is 15.9 Å². The first-order valence-corrected chi connectivity index (χ1v) is 6.70. The second kappa shape index (κ2) is 6.40. The molecule has 0 atom stereocenters. The molecule has 0 aromatic heterocycles. The van der Waals surface area contributed by atoms with E-state index in [-0.39, 0.29) is 5.78 Å². The van der Waals surface area contributed by atoms with Gasteiger partial charge in [0.25, 0.3) is 0 Å². The lowest BCUT2D eigenvalue weighted by Gasteiger charge is -2.11. The first-order valence-electron chi connectivity index (χ1n) is 6.32. The molecule has 0 heterocycles. The third kappa shape index (κ3) is 3.49. The quantitative estimate of drug-likeness (QED) is 0.616. The Labute approximate surface area is 124 Å². The van der Waals surface area contributed by atoms with Crippen molar-refractivity contribution < 1.29 is 4.79 Å². The van der Waals surface area contributed by atoms with E-state index in [2.05, 4.69) is 0 Å². The van der Waals surface area contributed by atoms with E-state index < -0.39 is 0 Å². The molecule has 2 aromatic rings. The lowest BCUT2D eigenvalue weighted by molar-refractivity contribution is 0.104. The summed E-state index contributed by atoms with van der Waals surface area (Å²) in [4.78, 5) is 14.1. The fourth-order valence-corrected chi connectivity index (χ4v) is 2.04. The van der Waals surface area contributed by atoms with Crippen LogP contribution >= 0.6 is 11.6 Å². The van der Waals surface area contributed by atoms with E-state index in [1.165, 1.54) is 0 Å². The van der Waals surface area contributed by atoms with Crippen LogP contribution in [0.4, 0.5) is 5.69 Å². The number of hydrogen-bond acceptors (Lipinski definition) is 2. The molecule has 0 saturated carbocycles. The van der Waals surface area contributed by atoms with Crippen LogP contribution in [-0.2, 0) is 0 Å². The Morgan fingerprint density at radius 3 is 2.30 bits per heavy atom. The van der Waals surface area contributed by atoms with Crippen molar-refractivity contribution in [1.29, 1.82) is 0 Å². The van der Waals surface area contributed by atoms with Gasteiger partial charge in [0.15, 0.2) is 5.78 Å². The maximum atomic E-state index is 12.0. The van der Waals surface area contributed by atoms with E-state index in [9.17, 15) is 4.79 Å². The minimum absolute atomic E-state index is 0.0905. The Hall–Kier alpha value is -2.06. The molecule has 2 rings (SSSR count). The molecule has 3 heteroatoms. The fraction of sp³-hybridized carbons (Fsp3) is 0.118. The lowest BCUT2D eigenvalue weighted by Crippen LogP contribution is -2.07. The highest BCUT2D eigenvalue weighted by Crippen LogP contribution is 2.17. The summed E-state index contributed by atoms with van der Waals surface area (Å²) < 4.78 is 0. The Kier molecular flexibility index (Phi) is 4.59. The molecule has 0 unspecified atom stereocenters. The molecule has 0 N–H and O–H groups in total. The summed E-state index contributed by atoms with van der Waals surface area (Å²) in [6.45, 7) is 0. The van der Waals surface area contributed by atoms with Gasteiger partial charge in [0.1, 0.15) is 0 Å². The first kappa shape index (κ1) is 14.4. The normalized spacial score (nSPS) is 10.8. The van der Waals surface area contributed by atoms with Crippen molar-refractivity contribution in [3.63, 3.8) is 0 Å². The summed E-state index contributed by atoms with van der Waals surface area (Å²) in [7, 11) is 3.98. The van der Waals surface area contributed by atoms with Gasteiger partial charge in [-0.05, 0) is 35.9 Å². The molecule has 0 spiro atoms. The highest BCUT2D eigenvalue weighted by Gasteiger charge is 2.05. The average Bonchev–Trinajstić information content (AvgIpc) is 2.45. The second-order valence-corrected chi connectivity index (χ2v) is 5.07. The van der Waals surface area contributed by atoms with E-state index in [1.54, 1.807) is 30.4 Å². The summed E-state index contributed by atoms with van der Waals surface area (Å²) in [5.74, 6) is -0.0905. The summed E-state index contributed by atoms with van der Waals surface area (Å²) in [5, 5.41) is 0.477. The predicted octanol–water partition coefficient (Wildman–Crippen LogP) is 4.30. The van der Waals surface area contributed by atoms with E-state index >= 15 is 0 Å². The van der Waals surface area contributed by atoms with Gasteiger partial charge in [0, 0.05) is 25.3 Å². The SMILES string of the molecule is CN(C)c1ccc(/C=C/C(=O)c2ccccc2Cl)cc1. The molecule has 2 aromatic carbocycles. The third-order valence-electron chi connectivity index (χ3n) is 2.98. The van der Waals surface area contributed by atoms with Gasteiger partial charge < -0.3 is 4.90 Å². The van der Waals surface area contributed by atoms with Crippen molar-refractivity contribution in [2.24, 2.45) is 0 Å². The van der Waals surface area contributed by atoms with Crippen molar-refractivity contribution in [2.75, 3.05) is 19.0 Å². The zero-order chi connectivity index (χ0) is 14.5. The molecular formula is C17H16ClNO. The number of hydrogen-bond donors (Lipinski definition) is 0. The fourth-order valence-electron chi connectivity index (χ4n) is 1.81. The Morgan fingerprint density at radius 1 is 1.05 bits per heavy atom. The minimum atomic E-state index is -0.0905. The largest absolute Gasteiger partial charge is 0.378 e. The van der Waals surface area contributed by atoms with Gasteiger partial charge in [-0.15, -0.1) is 0 Å². The van der Waals surface area contributed by atoms with Gasteiger partial charge in [0.2, 0.25) is 0 Å². The van der Waals surface area contributed by atoms with Crippen LogP contribution in [0, 0.1) is 0 Å². The van der Waals surface area contributed by atoms with Crippen LogP contribution in [-0.4, -0.2) is 19.9 Å². The number of carbonyl (C=O) groups excluding carboxylic acids is 1. The van der Waals surface area contributed by atoms with Gasteiger partial charge in [-0.1, -0.05) is 41.9 Å². The van der Waals surface area contributed by atoms with Crippen LogP contribution in [0.2, 0.25) is 5.02 Å². The standard InChI is InChI=1S/C17H16ClNO/c1-19(2)14-10-7-13(8-11-14)9-12-17(20)15-5-3-4-6-16(15)18/h3-12H,1-2H3/b12-9+. The van der Waals surface area contributed by atoms with Gasteiger partial charge >= 0.3 is 0 Å². The zero-order valence-corrected chi connectivity index (χ0v) is 12.3. The molecule has 102 valence electrons. The highest BCUT2D eigenvalue weighted by atomic mass is 35.5. The van der Waals surface area contributed by atoms with E-state index in [4.69, 9.17) is 11.6 Å². The molecule has 0 bridgehead atoms. The Bertz CT molecular complexity index is 630. The molecule has 0 aliphatic rings. The monoisotopic (exact) mass is 285 g/mol. The van der Waals surface area contributed by atoms with E-state index in [1.807, 2.05) is 49.3 Å². The zero-order valence-electron chi connectivity index (χ0n) is 11.5. The van der Waals surface area contributed by atoms with E-state index in [0.29, 0.717) is 10.6 Å². The topological polar surface area (TPSA) is 20.3 Å². The van der Waals surface area contributed by atoms with Crippen LogP contribution in [0.25, 0.3) is 6.08 Å². The smallest absolute Gasteiger partial charge is 0.187 e. The molecular weight excluding hydrogens is 270 g/mol. The Balaban J connectivity index is 2.13. The van der Waals surface area contributed by atoms with Crippen LogP contribution in [0.15, 0.2) is 54.6 Å². The maximum Gasteiger partial charge on any atom is 0.187 e. The minimum Gasteiger partial charge on any atom is -0.378 e. The van der Waals surface area contributed by atoms with Crippen molar-refractivity contribution in [2.45, 2.75) is 0 Å². The second-order valence-electron chi connectivity index (χ2n) is 4.66. The molecule has 2 nitrogen and oxygen atoms in total. The van der Waals surface area contributed by atoms with Gasteiger partial charge in [-0.2, -0.15) is 0 Å². The number of ketones is 1. The number of allylic oxidation sites excluding steroid dienone is 1. The average molecular weight is 286 g/mol.